The standard InChI is InChI=1S/C16H20N4/c1-12-4-5-14(11-17)16(19-12)20-10-2-3-15(20)13-6-8-18-9-7-13/h4-9,15H,2-3,10-11,17H2,1H3. The van der Waals surface area contributed by atoms with Crippen LogP contribution in [-0.2, 0) is 6.54 Å². The number of nitrogens with zero attached hydrogens (tertiary/aromatic N) is 3. The van der Waals surface area contributed by atoms with Crippen LogP contribution in [0.2, 0.25) is 0 Å². The van der Waals surface area contributed by atoms with Gasteiger partial charge in [-0.1, -0.05) is 6.07 Å². The van der Waals surface area contributed by atoms with Gasteiger partial charge in [0.15, 0.2) is 0 Å². The Hall–Kier alpha value is -1.94. The summed E-state index contributed by atoms with van der Waals surface area (Å²) >= 11 is 0. The summed E-state index contributed by atoms with van der Waals surface area (Å²) in [6.07, 6.45) is 6.06. The summed E-state index contributed by atoms with van der Waals surface area (Å²) in [6.45, 7) is 3.60. The molecule has 3 heterocycles. The van der Waals surface area contributed by atoms with Crippen LogP contribution in [0.25, 0.3) is 0 Å². The van der Waals surface area contributed by atoms with E-state index >= 15 is 0 Å². The minimum Gasteiger partial charge on any atom is -0.349 e. The van der Waals surface area contributed by atoms with E-state index in [1.165, 1.54) is 12.0 Å². The molecule has 0 saturated carbocycles. The Labute approximate surface area is 119 Å². The zero-order chi connectivity index (χ0) is 13.9. The highest BCUT2D eigenvalue weighted by molar-refractivity contribution is 5.51. The van der Waals surface area contributed by atoms with E-state index in [0.29, 0.717) is 12.6 Å². The van der Waals surface area contributed by atoms with E-state index in [1.807, 2.05) is 25.4 Å². The summed E-state index contributed by atoms with van der Waals surface area (Å²) in [4.78, 5) is 11.2. The van der Waals surface area contributed by atoms with Crippen LogP contribution in [0.4, 0.5) is 5.82 Å². The number of anilines is 1. The molecule has 1 aliphatic rings. The first kappa shape index (κ1) is 13.1. The van der Waals surface area contributed by atoms with Crippen LogP contribution >= 0.6 is 0 Å². The fraction of sp³-hybridized carbons (Fsp3) is 0.375. The molecule has 1 fully saturated rings. The SMILES string of the molecule is Cc1ccc(CN)c(N2CCCC2c2ccncc2)n1. The van der Waals surface area contributed by atoms with E-state index in [1.54, 1.807) is 0 Å². The number of nitrogens with two attached hydrogens (primary N) is 1. The van der Waals surface area contributed by atoms with E-state index in [2.05, 4.69) is 28.1 Å². The summed E-state index contributed by atoms with van der Waals surface area (Å²) in [7, 11) is 0. The molecular weight excluding hydrogens is 248 g/mol. The molecule has 20 heavy (non-hydrogen) atoms. The molecule has 0 bridgehead atoms. The van der Waals surface area contributed by atoms with Gasteiger partial charge in [0.1, 0.15) is 5.82 Å². The Morgan fingerprint density at radius 2 is 2.05 bits per heavy atom. The average Bonchev–Trinajstić information content (AvgIpc) is 2.97. The summed E-state index contributed by atoms with van der Waals surface area (Å²) < 4.78 is 0. The predicted octanol–water partition coefficient (Wildman–Crippen LogP) is 2.59. The molecule has 1 saturated heterocycles. The Balaban J connectivity index is 1.99. The van der Waals surface area contributed by atoms with Gasteiger partial charge in [-0.05, 0) is 43.5 Å². The summed E-state index contributed by atoms with van der Waals surface area (Å²) in [5.41, 5.74) is 9.35. The van der Waals surface area contributed by atoms with Crippen LogP contribution < -0.4 is 10.6 Å². The van der Waals surface area contributed by atoms with Crippen molar-refractivity contribution in [3.05, 3.63) is 53.5 Å². The maximum absolute atomic E-state index is 5.88. The highest BCUT2D eigenvalue weighted by Crippen LogP contribution is 2.36. The van der Waals surface area contributed by atoms with Crippen molar-refractivity contribution in [3.8, 4) is 0 Å². The van der Waals surface area contributed by atoms with Crippen LogP contribution in [0.1, 0.15) is 35.7 Å². The van der Waals surface area contributed by atoms with Crippen molar-refractivity contribution in [2.24, 2.45) is 5.73 Å². The Morgan fingerprint density at radius 3 is 2.80 bits per heavy atom. The maximum atomic E-state index is 5.88. The van der Waals surface area contributed by atoms with Gasteiger partial charge in [0.05, 0.1) is 6.04 Å². The first-order chi connectivity index (χ1) is 9.79. The molecule has 0 amide bonds. The lowest BCUT2D eigenvalue weighted by molar-refractivity contribution is 0.705. The maximum Gasteiger partial charge on any atom is 0.133 e. The van der Waals surface area contributed by atoms with Gasteiger partial charge in [0.25, 0.3) is 0 Å². The summed E-state index contributed by atoms with van der Waals surface area (Å²) in [6, 6.07) is 8.71. The van der Waals surface area contributed by atoms with Gasteiger partial charge in [-0.3, -0.25) is 4.98 Å². The highest BCUT2D eigenvalue weighted by atomic mass is 15.2. The molecule has 0 radical (unpaired) electrons. The fourth-order valence-corrected chi connectivity index (χ4v) is 2.93. The molecular formula is C16H20N4. The van der Waals surface area contributed by atoms with Gasteiger partial charge in [-0.25, -0.2) is 4.98 Å². The monoisotopic (exact) mass is 268 g/mol. The van der Waals surface area contributed by atoms with Crippen LogP contribution in [0, 0.1) is 6.92 Å². The van der Waals surface area contributed by atoms with E-state index in [-0.39, 0.29) is 0 Å². The Morgan fingerprint density at radius 1 is 1.25 bits per heavy atom. The van der Waals surface area contributed by atoms with Crippen molar-refractivity contribution in [1.29, 1.82) is 0 Å². The van der Waals surface area contributed by atoms with Crippen LogP contribution in [-0.4, -0.2) is 16.5 Å². The quantitative estimate of drug-likeness (QED) is 0.929. The number of hydrogen-bond donors (Lipinski definition) is 1. The number of aryl methyl sites for hydroxylation is 1. The molecule has 2 aromatic rings. The van der Waals surface area contributed by atoms with Gasteiger partial charge < -0.3 is 10.6 Å². The van der Waals surface area contributed by atoms with E-state index in [4.69, 9.17) is 10.7 Å². The normalized spacial score (nSPS) is 18.5. The second kappa shape index (κ2) is 5.59. The molecule has 3 rings (SSSR count). The first-order valence-corrected chi connectivity index (χ1v) is 7.13. The minimum atomic E-state index is 0.387. The number of hydrogen-bond acceptors (Lipinski definition) is 4. The summed E-state index contributed by atoms with van der Waals surface area (Å²) in [5.74, 6) is 1.05. The molecule has 4 nitrogen and oxygen atoms in total. The second-order valence-corrected chi connectivity index (χ2v) is 5.27. The second-order valence-electron chi connectivity index (χ2n) is 5.27. The van der Waals surface area contributed by atoms with Crippen LogP contribution in [0.3, 0.4) is 0 Å². The van der Waals surface area contributed by atoms with Crippen molar-refractivity contribution >= 4 is 5.82 Å². The van der Waals surface area contributed by atoms with E-state index < -0.39 is 0 Å². The Kier molecular flexibility index (Phi) is 3.65. The van der Waals surface area contributed by atoms with Crippen molar-refractivity contribution in [2.75, 3.05) is 11.4 Å². The van der Waals surface area contributed by atoms with E-state index in [9.17, 15) is 0 Å². The minimum absolute atomic E-state index is 0.387. The average molecular weight is 268 g/mol. The number of rotatable bonds is 3. The molecule has 104 valence electrons. The third kappa shape index (κ3) is 2.39. The lowest BCUT2D eigenvalue weighted by atomic mass is 10.1. The molecule has 2 aromatic heterocycles. The molecule has 0 spiro atoms. The van der Waals surface area contributed by atoms with Gasteiger partial charge in [0.2, 0.25) is 0 Å². The third-order valence-electron chi connectivity index (χ3n) is 3.93. The first-order valence-electron chi connectivity index (χ1n) is 7.13. The molecule has 4 heteroatoms. The van der Waals surface area contributed by atoms with Crippen molar-refractivity contribution in [2.45, 2.75) is 32.4 Å². The van der Waals surface area contributed by atoms with Crippen molar-refractivity contribution < 1.29 is 0 Å². The molecule has 1 aliphatic heterocycles. The number of pyridine rings is 2. The molecule has 1 unspecified atom stereocenters. The lowest BCUT2D eigenvalue weighted by Crippen LogP contribution is -2.25. The number of aromatic nitrogens is 2. The molecule has 0 aromatic carbocycles. The Bertz CT molecular complexity index is 582. The zero-order valence-electron chi connectivity index (χ0n) is 11.8. The molecule has 2 N–H and O–H groups in total. The highest BCUT2D eigenvalue weighted by Gasteiger charge is 2.28. The summed E-state index contributed by atoms with van der Waals surface area (Å²) in [5, 5.41) is 0. The molecule has 1 atom stereocenters. The van der Waals surface area contributed by atoms with Gasteiger partial charge in [-0.15, -0.1) is 0 Å². The van der Waals surface area contributed by atoms with Crippen LogP contribution in [0.5, 0.6) is 0 Å². The van der Waals surface area contributed by atoms with Gasteiger partial charge in [-0.2, -0.15) is 0 Å². The van der Waals surface area contributed by atoms with E-state index in [0.717, 1.165) is 30.0 Å². The zero-order valence-corrected chi connectivity index (χ0v) is 11.8. The van der Waals surface area contributed by atoms with Crippen molar-refractivity contribution in [3.63, 3.8) is 0 Å². The van der Waals surface area contributed by atoms with Crippen molar-refractivity contribution in [1.82, 2.24) is 9.97 Å². The fourth-order valence-electron chi connectivity index (χ4n) is 2.93. The molecule has 0 aliphatic carbocycles. The topological polar surface area (TPSA) is 55.0 Å². The van der Waals surface area contributed by atoms with Gasteiger partial charge in [0, 0.05) is 36.7 Å². The van der Waals surface area contributed by atoms with Gasteiger partial charge >= 0.3 is 0 Å². The third-order valence-corrected chi connectivity index (χ3v) is 3.93. The largest absolute Gasteiger partial charge is 0.349 e. The lowest BCUT2D eigenvalue weighted by Gasteiger charge is -2.28. The van der Waals surface area contributed by atoms with Crippen LogP contribution in [0.15, 0.2) is 36.7 Å². The smallest absolute Gasteiger partial charge is 0.133 e. The predicted molar refractivity (Wildman–Crippen MR) is 80.4 cm³/mol.